The molecule has 0 aromatic heterocycles. The smallest absolute Gasteiger partial charge is 0.0247 e. The van der Waals surface area contributed by atoms with Crippen LogP contribution in [0.5, 0.6) is 0 Å². The minimum absolute atomic E-state index is 0.320. The van der Waals surface area contributed by atoms with E-state index in [1.807, 2.05) is 0 Å². The summed E-state index contributed by atoms with van der Waals surface area (Å²) in [5.41, 5.74) is 4.64. The van der Waals surface area contributed by atoms with Crippen LogP contribution >= 0.6 is 15.9 Å². The lowest BCUT2D eigenvalue weighted by molar-refractivity contribution is 0.377. The standard InChI is InChI=1S/C17H21Br/c1-13-7-6-12-17(2,3)15(13)11-10-14-8-4-5-9-16(14)18/h4-5,8-11H,6-7,12H2,1-3H3/b11-10+. The molecule has 1 aromatic carbocycles. The van der Waals surface area contributed by atoms with Gasteiger partial charge in [-0.05, 0) is 48.8 Å². The van der Waals surface area contributed by atoms with Crippen molar-refractivity contribution in [1.29, 1.82) is 0 Å². The number of rotatable bonds is 2. The fraction of sp³-hybridized carbons (Fsp3) is 0.412. The highest BCUT2D eigenvalue weighted by atomic mass is 79.9. The molecule has 2 rings (SSSR count). The first-order valence-electron chi connectivity index (χ1n) is 6.63. The Hall–Kier alpha value is -0.820. The Morgan fingerprint density at radius 2 is 1.89 bits per heavy atom. The van der Waals surface area contributed by atoms with Gasteiger partial charge in [0.25, 0.3) is 0 Å². The first-order valence-corrected chi connectivity index (χ1v) is 7.43. The summed E-state index contributed by atoms with van der Waals surface area (Å²) in [6.45, 7) is 6.99. The predicted octanol–water partition coefficient (Wildman–Crippen LogP) is 5.99. The highest BCUT2D eigenvalue weighted by molar-refractivity contribution is 9.10. The highest BCUT2D eigenvalue weighted by Gasteiger charge is 2.26. The molecule has 96 valence electrons. The zero-order valence-electron chi connectivity index (χ0n) is 11.5. The molecule has 0 nitrogen and oxygen atoms in total. The summed E-state index contributed by atoms with van der Waals surface area (Å²) >= 11 is 3.60. The zero-order chi connectivity index (χ0) is 13.2. The monoisotopic (exact) mass is 304 g/mol. The molecule has 18 heavy (non-hydrogen) atoms. The molecule has 1 aromatic rings. The van der Waals surface area contributed by atoms with Gasteiger partial charge in [0.1, 0.15) is 0 Å². The van der Waals surface area contributed by atoms with Crippen LogP contribution in [0.4, 0.5) is 0 Å². The number of halogens is 1. The molecule has 0 N–H and O–H groups in total. The van der Waals surface area contributed by atoms with E-state index < -0.39 is 0 Å². The van der Waals surface area contributed by atoms with Crippen molar-refractivity contribution in [3.05, 3.63) is 51.5 Å². The normalized spacial score (nSPS) is 19.6. The molecule has 1 aliphatic carbocycles. The number of allylic oxidation sites excluding steroid dienone is 3. The van der Waals surface area contributed by atoms with Crippen LogP contribution in [0.15, 0.2) is 46.0 Å². The van der Waals surface area contributed by atoms with Gasteiger partial charge in [0.05, 0.1) is 0 Å². The number of benzene rings is 1. The van der Waals surface area contributed by atoms with Gasteiger partial charge < -0.3 is 0 Å². The van der Waals surface area contributed by atoms with E-state index in [2.05, 4.69) is 73.1 Å². The minimum Gasteiger partial charge on any atom is -0.0696 e. The Labute approximate surface area is 119 Å². The van der Waals surface area contributed by atoms with Crippen LogP contribution in [0.2, 0.25) is 0 Å². The summed E-state index contributed by atoms with van der Waals surface area (Å²) in [4.78, 5) is 0. The summed E-state index contributed by atoms with van der Waals surface area (Å²) in [6, 6.07) is 8.37. The van der Waals surface area contributed by atoms with Crippen molar-refractivity contribution in [1.82, 2.24) is 0 Å². The molecule has 0 heterocycles. The molecule has 0 atom stereocenters. The maximum Gasteiger partial charge on any atom is 0.0247 e. The van der Waals surface area contributed by atoms with Gasteiger partial charge in [-0.15, -0.1) is 0 Å². The van der Waals surface area contributed by atoms with Crippen molar-refractivity contribution in [2.45, 2.75) is 40.0 Å². The third kappa shape index (κ3) is 2.95. The number of hydrogen-bond donors (Lipinski definition) is 0. The van der Waals surface area contributed by atoms with Crippen molar-refractivity contribution in [2.24, 2.45) is 5.41 Å². The van der Waals surface area contributed by atoms with Crippen LogP contribution < -0.4 is 0 Å². The van der Waals surface area contributed by atoms with Gasteiger partial charge in [-0.25, -0.2) is 0 Å². The van der Waals surface area contributed by atoms with Gasteiger partial charge in [0.2, 0.25) is 0 Å². The lowest BCUT2D eigenvalue weighted by Crippen LogP contribution is -2.18. The Balaban J connectivity index is 2.31. The van der Waals surface area contributed by atoms with Crippen molar-refractivity contribution in [3.8, 4) is 0 Å². The van der Waals surface area contributed by atoms with E-state index in [1.54, 1.807) is 5.57 Å². The fourth-order valence-electron chi connectivity index (χ4n) is 2.79. The zero-order valence-corrected chi connectivity index (χ0v) is 13.0. The second-order valence-corrected chi connectivity index (χ2v) is 6.64. The SMILES string of the molecule is CC1=C(/C=C/c2ccccc2Br)C(C)(C)CCC1. The first-order chi connectivity index (χ1) is 8.50. The lowest BCUT2D eigenvalue weighted by Gasteiger charge is -2.32. The van der Waals surface area contributed by atoms with E-state index in [-0.39, 0.29) is 0 Å². The summed E-state index contributed by atoms with van der Waals surface area (Å²) in [5, 5.41) is 0. The van der Waals surface area contributed by atoms with Gasteiger partial charge in [0, 0.05) is 4.47 Å². The third-order valence-corrected chi connectivity index (χ3v) is 4.60. The highest BCUT2D eigenvalue weighted by Crippen LogP contribution is 2.41. The van der Waals surface area contributed by atoms with Crippen molar-refractivity contribution < 1.29 is 0 Å². The molecule has 0 radical (unpaired) electrons. The summed E-state index contributed by atoms with van der Waals surface area (Å²) in [6.07, 6.45) is 8.41. The van der Waals surface area contributed by atoms with Crippen LogP contribution in [0.3, 0.4) is 0 Å². The molecule has 1 heteroatoms. The van der Waals surface area contributed by atoms with Crippen LogP contribution in [-0.2, 0) is 0 Å². The summed E-state index contributed by atoms with van der Waals surface area (Å²) in [5.74, 6) is 0. The second kappa shape index (κ2) is 5.44. The van der Waals surface area contributed by atoms with Crippen molar-refractivity contribution in [2.75, 3.05) is 0 Å². The lowest BCUT2D eigenvalue weighted by atomic mass is 9.72. The number of hydrogen-bond acceptors (Lipinski definition) is 0. The molecular weight excluding hydrogens is 284 g/mol. The minimum atomic E-state index is 0.320. The molecule has 0 aliphatic heterocycles. The third-order valence-electron chi connectivity index (χ3n) is 3.88. The van der Waals surface area contributed by atoms with E-state index >= 15 is 0 Å². The molecule has 0 unspecified atom stereocenters. The van der Waals surface area contributed by atoms with Gasteiger partial charge in [0.15, 0.2) is 0 Å². The maximum absolute atomic E-state index is 3.60. The topological polar surface area (TPSA) is 0 Å². The predicted molar refractivity (Wildman–Crippen MR) is 83.5 cm³/mol. The largest absolute Gasteiger partial charge is 0.0696 e. The molecule has 0 amide bonds. The van der Waals surface area contributed by atoms with Gasteiger partial charge >= 0.3 is 0 Å². The van der Waals surface area contributed by atoms with E-state index in [0.29, 0.717) is 5.41 Å². The van der Waals surface area contributed by atoms with Gasteiger partial charge in [-0.1, -0.05) is 65.7 Å². The molecule has 1 aliphatic rings. The average molecular weight is 305 g/mol. The van der Waals surface area contributed by atoms with Crippen LogP contribution in [0, 0.1) is 5.41 Å². The second-order valence-electron chi connectivity index (χ2n) is 5.79. The summed E-state index contributed by atoms with van der Waals surface area (Å²) in [7, 11) is 0. The molecular formula is C17H21Br. The average Bonchev–Trinajstić information content (AvgIpc) is 2.30. The maximum atomic E-state index is 3.60. The quantitative estimate of drug-likeness (QED) is 0.629. The molecule has 0 fully saturated rings. The molecule has 0 bridgehead atoms. The molecule has 0 saturated heterocycles. The Bertz CT molecular complexity index is 492. The van der Waals surface area contributed by atoms with Crippen molar-refractivity contribution >= 4 is 22.0 Å². The van der Waals surface area contributed by atoms with Crippen molar-refractivity contribution in [3.63, 3.8) is 0 Å². The van der Waals surface area contributed by atoms with Gasteiger partial charge in [-0.2, -0.15) is 0 Å². The van der Waals surface area contributed by atoms with Crippen LogP contribution in [-0.4, -0.2) is 0 Å². The Morgan fingerprint density at radius 3 is 2.56 bits per heavy atom. The van der Waals surface area contributed by atoms with E-state index in [1.165, 1.54) is 30.4 Å². The Kier molecular flexibility index (Phi) is 4.11. The fourth-order valence-corrected chi connectivity index (χ4v) is 3.21. The van der Waals surface area contributed by atoms with Gasteiger partial charge in [-0.3, -0.25) is 0 Å². The van der Waals surface area contributed by atoms with E-state index in [4.69, 9.17) is 0 Å². The van der Waals surface area contributed by atoms with E-state index in [9.17, 15) is 0 Å². The van der Waals surface area contributed by atoms with E-state index in [0.717, 1.165) is 4.47 Å². The molecule has 0 spiro atoms. The first kappa shape index (κ1) is 13.6. The van der Waals surface area contributed by atoms with Crippen LogP contribution in [0.1, 0.15) is 45.6 Å². The Morgan fingerprint density at radius 1 is 1.17 bits per heavy atom. The van der Waals surface area contributed by atoms with Crippen LogP contribution in [0.25, 0.3) is 6.08 Å². The summed E-state index contributed by atoms with van der Waals surface area (Å²) < 4.78 is 1.16. The molecule has 0 saturated carbocycles.